The summed E-state index contributed by atoms with van der Waals surface area (Å²) in [5.74, 6) is 1.19. The van der Waals surface area contributed by atoms with Crippen LogP contribution in [0.3, 0.4) is 0 Å². The number of carbonyl (C=O) groups is 2. The van der Waals surface area contributed by atoms with Crippen LogP contribution in [0.4, 0.5) is 21.9 Å². The molecular formula is C30H28N4O5. The molecule has 0 fully saturated rings. The summed E-state index contributed by atoms with van der Waals surface area (Å²) < 4.78 is 5.84. The quantitative estimate of drug-likeness (QED) is 0.180. The zero-order valence-corrected chi connectivity index (χ0v) is 21.2. The van der Waals surface area contributed by atoms with Crippen LogP contribution in [0.25, 0.3) is 0 Å². The first-order valence-corrected chi connectivity index (χ1v) is 12.4. The van der Waals surface area contributed by atoms with Gasteiger partial charge in [-0.15, -0.1) is 0 Å². The van der Waals surface area contributed by atoms with Gasteiger partial charge in [0.1, 0.15) is 11.5 Å². The highest BCUT2D eigenvalue weighted by Gasteiger charge is 2.17. The second kappa shape index (κ2) is 13.4. The van der Waals surface area contributed by atoms with Crippen LogP contribution in [0, 0.1) is 10.1 Å². The van der Waals surface area contributed by atoms with Crippen LogP contribution in [0.1, 0.15) is 12.0 Å². The first-order valence-electron chi connectivity index (χ1n) is 12.4. The van der Waals surface area contributed by atoms with E-state index in [2.05, 4.69) is 10.6 Å². The molecule has 0 atom stereocenters. The molecular weight excluding hydrogens is 496 g/mol. The van der Waals surface area contributed by atoms with E-state index >= 15 is 0 Å². The fourth-order valence-corrected chi connectivity index (χ4v) is 3.82. The van der Waals surface area contributed by atoms with Crippen LogP contribution in [-0.4, -0.2) is 30.0 Å². The van der Waals surface area contributed by atoms with Crippen LogP contribution in [0.15, 0.2) is 109 Å². The number of nitrogens with one attached hydrogen (secondary N) is 2. The van der Waals surface area contributed by atoms with Crippen molar-refractivity contribution in [1.82, 2.24) is 5.32 Å². The van der Waals surface area contributed by atoms with Crippen LogP contribution >= 0.6 is 0 Å². The van der Waals surface area contributed by atoms with E-state index in [0.717, 1.165) is 5.56 Å². The number of urea groups is 1. The highest BCUT2D eigenvalue weighted by atomic mass is 16.6. The van der Waals surface area contributed by atoms with E-state index in [1.807, 2.05) is 60.7 Å². The highest BCUT2D eigenvalue weighted by Crippen LogP contribution is 2.25. The summed E-state index contributed by atoms with van der Waals surface area (Å²) >= 11 is 0. The molecule has 0 aliphatic rings. The first-order chi connectivity index (χ1) is 19.0. The minimum atomic E-state index is -0.503. The van der Waals surface area contributed by atoms with Crippen molar-refractivity contribution in [3.8, 4) is 11.5 Å². The normalized spacial score (nSPS) is 10.4. The molecule has 0 aromatic heterocycles. The Balaban J connectivity index is 1.41. The van der Waals surface area contributed by atoms with Gasteiger partial charge in [-0.05, 0) is 60.5 Å². The number of non-ortho nitro benzene ring substituents is 1. The number of hydrogen-bond donors (Lipinski definition) is 2. The maximum atomic E-state index is 13.2. The van der Waals surface area contributed by atoms with Gasteiger partial charge in [0.2, 0.25) is 5.91 Å². The smallest absolute Gasteiger partial charge is 0.326 e. The second-order valence-corrected chi connectivity index (χ2v) is 8.63. The molecule has 4 aromatic rings. The van der Waals surface area contributed by atoms with Crippen LogP contribution in [0.5, 0.6) is 11.5 Å². The number of aryl methyl sites for hydroxylation is 1. The SMILES string of the molecule is O=C(CCc1ccccc1)NCCN(C(=O)Nc1ccc([N+](=O)[O-])cc1)c1ccc(Oc2ccccc2)cc1. The molecule has 0 spiro atoms. The molecule has 0 saturated heterocycles. The number of hydrogen-bond acceptors (Lipinski definition) is 5. The zero-order chi connectivity index (χ0) is 27.5. The molecule has 9 heteroatoms. The molecule has 198 valence electrons. The zero-order valence-electron chi connectivity index (χ0n) is 21.2. The summed E-state index contributed by atoms with van der Waals surface area (Å²) in [7, 11) is 0. The van der Waals surface area contributed by atoms with E-state index in [9.17, 15) is 19.7 Å². The maximum Gasteiger partial charge on any atom is 0.326 e. The lowest BCUT2D eigenvalue weighted by molar-refractivity contribution is -0.384. The van der Waals surface area contributed by atoms with E-state index < -0.39 is 11.0 Å². The van der Waals surface area contributed by atoms with Gasteiger partial charge in [0.05, 0.1) is 4.92 Å². The minimum absolute atomic E-state index is 0.0722. The van der Waals surface area contributed by atoms with Crippen molar-refractivity contribution < 1.29 is 19.2 Å². The highest BCUT2D eigenvalue weighted by molar-refractivity contribution is 6.01. The number of nitrogens with zero attached hydrogens (tertiary/aromatic N) is 2. The second-order valence-electron chi connectivity index (χ2n) is 8.63. The number of nitro groups is 1. The van der Waals surface area contributed by atoms with E-state index in [-0.39, 0.29) is 24.7 Å². The van der Waals surface area contributed by atoms with Crippen LogP contribution in [-0.2, 0) is 11.2 Å². The Morgan fingerprint density at radius 1 is 0.795 bits per heavy atom. The van der Waals surface area contributed by atoms with Gasteiger partial charge in [-0.1, -0.05) is 48.5 Å². The first kappa shape index (κ1) is 26.9. The van der Waals surface area contributed by atoms with Crippen molar-refractivity contribution in [2.45, 2.75) is 12.8 Å². The molecule has 0 bridgehead atoms. The maximum absolute atomic E-state index is 13.2. The Hall–Kier alpha value is -5.18. The topological polar surface area (TPSA) is 114 Å². The van der Waals surface area contributed by atoms with Gasteiger partial charge < -0.3 is 15.4 Å². The number of benzene rings is 4. The van der Waals surface area contributed by atoms with Gasteiger partial charge >= 0.3 is 6.03 Å². The largest absolute Gasteiger partial charge is 0.457 e. The fraction of sp³-hybridized carbons (Fsp3) is 0.133. The average molecular weight is 525 g/mol. The van der Waals surface area contributed by atoms with E-state index in [4.69, 9.17) is 4.74 Å². The number of para-hydroxylation sites is 1. The Morgan fingerprint density at radius 3 is 2.05 bits per heavy atom. The third-order valence-corrected chi connectivity index (χ3v) is 5.84. The Kier molecular flexibility index (Phi) is 9.22. The summed E-state index contributed by atoms with van der Waals surface area (Å²) in [5.41, 5.74) is 2.01. The van der Waals surface area contributed by atoms with Crippen molar-refractivity contribution in [2.24, 2.45) is 0 Å². The molecule has 0 radical (unpaired) electrons. The Morgan fingerprint density at radius 2 is 1.41 bits per heavy atom. The van der Waals surface area contributed by atoms with E-state index in [0.29, 0.717) is 35.7 Å². The number of rotatable bonds is 11. The van der Waals surface area contributed by atoms with Gasteiger partial charge in [-0.25, -0.2) is 4.79 Å². The molecule has 2 N–H and O–H groups in total. The lowest BCUT2D eigenvalue weighted by atomic mass is 10.1. The third kappa shape index (κ3) is 8.16. The number of ether oxygens (including phenoxy) is 1. The monoisotopic (exact) mass is 524 g/mol. The molecule has 9 nitrogen and oxygen atoms in total. The summed E-state index contributed by atoms with van der Waals surface area (Å²) in [6, 6.07) is 31.3. The molecule has 4 rings (SSSR count). The average Bonchev–Trinajstić information content (AvgIpc) is 2.96. The van der Waals surface area contributed by atoms with Crippen molar-refractivity contribution in [2.75, 3.05) is 23.3 Å². The van der Waals surface area contributed by atoms with Gasteiger partial charge in [-0.3, -0.25) is 19.8 Å². The molecule has 4 aromatic carbocycles. The number of anilines is 2. The molecule has 39 heavy (non-hydrogen) atoms. The summed E-state index contributed by atoms with van der Waals surface area (Å²) in [4.78, 5) is 37.6. The van der Waals surface area contributed by atoms with Gasteiger partial charge in [-0.2, -0.15) is 0 Å². The Bertz CT molecular complexity index is 1380. The van der Waals surface area contributed by atoms with E-state index in [1.165, 1.54) is 29.2 Å². The van der Waals surface area contributed by atoms with Gasteiger partial charge in [0.25, 0.3) is 5.69 Å². The van der Waals surface area contributed by atoms with Crippen molar-refractivity contribution in [1.29, 1.82) is 0 Å². The molecule has 3 amide bonds. The number of nitro benzene ring substituents is 1. The fourth-order valence-electron chi connectivity index (χ4n) is 3.82. The van der Waals surface area contributed by atoms with Gasteiger partial charge in [0, 0.05) is 43.0 Å². The van der Waals surface area contributed by atoms with Crippen LogP contribution < -0.4 is 20.3 Å². The van der Waals surface area contributed by atoms with Crippen molar-refractivity contribution in [3.05, 3.63) is 125 Å². The van der Waals surface area contributed by atoms with Crippen molar-refractivity contribution in [3.63, 3.8) is 0 Å². The van der Waals surface area contributed by atoms with Crippen LogP contribution in [0.2, 0.25) is 0 Å². The lowest BCUT2D eigenvalue weighted by Crippen LogP contribution is -2.41. The third-order valence-electron chi connectivity index (χ3n) is 5.84. The minimum Gasteiger partial charge on any atom is -0.457 e. The standard InChI is InChI=1S/C30H28N4O5/c35-29(20-11-23-7-3-1-4-8-23)31-21-22-33(30(36)32-24-12-14-26(15-13-24)34(37)38)25-16-18-28(19-17-25)39-27-9-5-2-6-10-27/h1-10,12-19H,11,20-22H2,(H,31,35)(H,32,36). The molecule has 0 aliphatic carbocycles. The molecule has 0 aliphatic heterocycles. The summed E-state index contributed by atoms with van der Waals surface area (Å²) in [6.45, 7) is 0.443. The number of amides is 3. The van der Waals surface area contributed by atoms with Crippen molar-refractivity contribution >= 4 is 29.0 Å². The molecule has 0 unspecified atom stereocenters. The Labute approximate surface area is 226 Å². The predicted molar refractivity (Wildman–Crippen MR) is 150 cm³/mol. The van der Waals surface area contributed by atoms with E-state index in [1.54, 1.807) is 24.3 Å². The molecule has 0 heterocycles. The molecule has 0 saturated carbocycles. The summed E-state index contributed by atoms with van der Waals surface area (Å²) in [5, 5.41) is 16.6. The lowest BCUT2D eigenvalue weighted by Gasteiger charge is -2.24. The predicted octanol–water partition coefficient (Wildman–Crippen LogP) is 6.17. The summed E-state index contributed by atoms with van der Waals surface area (Å²) in [6.07, 6.45) is 0.963. The number of carbonyl (C=O) groups excluding carboxylic acids is 2. The van der Waals surface area contributed by atoms with Gasteiger partial charge in [0.15, 0.2) is 0 Å².